The fraction of sp³-hybridized carbons (Fsp3) is 0.167. The average Bonchev–Trinajstić information content (AvgIpc) is 2.74. The van der Waals surface area contributed by atoms with Crippen LogP contribution < -0.4 is 0 Å². The van der Waals surface area contributed by atoms with Crippen LogP contribution in [-0.2, 0) is 6.18 Å². The summed E-state index contributed by atoms with van der Waals surface area (Å²) in [4.78, 5) is 0.682. The molecule has 0 saturated heterocycles. The van der Waals surface area contributed by atoms with Crippen molar-refractivity contribution < 1.29 is 18.3 Å². The molecule has 1 heterocycles. The normalized spacial score (nSPS) is 13.6. The van der Waals surface area contributed by atoms with Gasteiger partial charge in [-0.2, -0.15) is 13.2 Å². The van der Waals surface area contributed by atoms with Crippen LogP contribution in [0.2, 0.25) is 0 Å². The molecule has 1 N–H and O–H groups in total. The first-order valence-corrected chi connectivity index (χ1v) is 6.64. The van der Waals surface area contributed by atoms with Crippen molar-refractivity contribution in [1.29, 1.82) is 0 Å². The third-order valence-electron chi connectivity index (χ3n) is 2.41. The maximum atomic E-state index is 12.4. The molecule has 2 rings (SSSR count). The summed E-state index contributed by atoms with van der Waals surface area (Å²) < 4.78 is 38.0. The van der Waals surface area contributed by atoms with E-state index in [-0.39, 0.29) is 0 Å². The van der Waals surface area contributed by atoms with Crippen molar-refractivity contribution in [2.75, 3.05) is 0 Å². The zero-order chi connectivity index (χ0) is 13.3. The lowest BCUT2D eigenvalue weighted by molar-refractivity contribution is -0.137. The quantitative estimate of drug-likeness (QED) is 0.848. The minimum atomic E-state index is -4.35. The number of hydrogen-bond acceptors (Lipinski definition) is 2. The van der Waals surface area contributed by atoms with Crippen LogP contribution >= 0.6 is 27.3 Å². The lowest BCUT2D eigenvalue weighted by Crippen LogP contribution is -2.05. The van der Waals surface area contributed by atoms with E-state index in [1.807, 2.05) is 5.38 Å². The van der Waals surface area contributed by atoms with Crippen molar-refractivity contribution in [3.05, 3.63) is 56.2 Å². The Bertz CT molecular complexity index is 533. The van der Waals surface area contributed by atoms with E-state index in [9.17, 15) is 18.3 Å². The van der Waals surface area contributed by atoms with Crippen LogP contribution in [0.1, 0.15) is 22.1 Å². The molecular weight excluding hydrogens is 329 g/mol. The molecule has 0 saturated carbocycles. The van der Waals surface area contributed by atoms with Gasteiger partial charge in [0.1, 0.15) is 6.10 Å². The van der Waals surface area contributed by atoms with Gasteiger partial charge in [-0.15, -0.1) is 11.3 Å². The van der Waals surface area contributed by atoms with Crippen molar-refractivity contribution in [3.63, 3.8) is 0 Å². The van der Waals surface area contributed by atoms with E-state index < -0.39 is 17.8 Å². The maximum Gasteiger partial charge on any atom is 0.416 e. The van der Waals surface area contributed by atoms with Gasteiger partial charge < -0.3 is 5.11 Å². The summed E-state index contributed by atoms with van der Waals surface area (Å²) in [5.41, 5.74) is -0.275. The summed E-state index contributed by atoms with van der Waals surface area (Å²) in [5.74, 6) is 0. The van der Waals surface area contributed by atoms with E-state index in [1.165, 1.54) is 23.5 Å². The highest BCUT2D eigenvalue weighted by Crippen LogP contribution is 2.33. The van der Waals surface area contributed by atoms with Crippen LogP contribution in [0.5, 0.6) is 0 Å². The molecule has 0 radical (unpaired) electrons. The molecule has 0 fully saturated rings. The molecular formula is C12H8BrF3OS. The largest absolute Gasteiger partial charge is 0.416 e. The predicted octanol–water partition coefficient (Wildman–Crippen LogP) is 4.61. The molecule has 1 unspecified atom stereocenters. The highest BCUT2D eigenvalue weighted by molar-refractivity contribution is 9.10. The second-order valence-electron chi connectivity index (χ2n) is 3.69. The number of aliphatic hydroxyl groups excluding tert-OH is 1. The fourth-order valence-electron chi connectivity index (χ4n) is 1.49. The van der Waals surface area contributed by atoms with E-state index in [0.29, 0.717) is 10.4 Å². The van der Waals surface area contributed by atoms with E-state index in [0.717, 1.165) is 16.6 Å². The Morgan fingerprint density at radius 2 is 1.78 bits per heavy atom. The van der Waals surface area contributed by atoms with Crippen molar-refractivity contribution in [1.82, 2.24) is 0 Å². The Hall–Kier alpha value is -0.850. The van der Waals surface area contributed by atoms with Gasteiger partial charge in [-0.05, 0) is 39.7 Å². The Balaban J connectivity index is 2.24. The molecule has 18 heavy (non-hydrogen) atoms. The van der Waals surface area contributed by atoms with Gasteiger partial charge in [0.15, 0.2) is 0 Å². The number of hydrogen-bond donors (Lipinski definition) is 1. The first-order chi connectivity index (χ1) is 8.38. The van der Waals surface area contributed by atoms with Crippen LogP contribution in [0.15, 0.2) is 40.2 Å². The Kier molecular flexibility index (Phi) is 3.79. The number of rotatable bonds is 2. The van der Waals surface area contributed by atoms with Crippen LogP contribution in [0.25, 0.3) is 0 Å². The van der Waals surface area contributed by atoms with Crippen LogP contribution in [-0.4, -0.2) is 5.11 Å². The molecule has 96 valence electrons. The van der Waals surface area contributed by atoms with Gasteiger partial charge in [0.05, 0.1) is 5.56 Å². The van der Waals surface area contributed by atoms with E-state index >= 15 is 0 Å². The molecule has 0 aliphatic heterocycles. The zero-order valence-electron chi connectivity index (χ0n) is 8.91. The lowest BCUT2D eigenvalue weighted by Gasteiger charge is -2.11. The lowest BCUT2D eigenvalue weighted by atomic mass is 10.1. The smallest absolute Gasteiger partial charge is 0.383 e. The standard InChI is InChI=1S/C12H8BrF3OS/c13-9-5-10(18-6-9)11(17)7-1-3-8(4-2-7)12(14,15)16/h1-6,11,17H. The second kappa shape index (κ2) is 5.03. The molecule has 0 spiro atoms. The minimum Gasteiger partial charge on any atom is -0.383 e. The fourth-order valence-corrected chi connectivity index (χ4v) is 2.95. The van der Waals surface area contributed by atoms with E-state index in [1.54, 1.807) is 6.07 Å². The Morgan fingerprint density at radius 1 is 1.17 bits per heavy atom. The summed E-state index contributed by atoms with van der Waals surface area (Å²) >= 11 is 4.60. The van der Waals surface area contributed by atoms with Gasteiger partial charge in [-0.25, -0.2) is 0 Å². The van der Waals surface area contributed by atoms with Crippen LogP contribution in [0.3, 0.4) is 0 Å². The van der Waals surface area contributed by atoms with Crippen molar-refractivity contribution in [2.45, 2.75) is 12.3 Å². The number of benzene rings is 1. The SMILES string of the molecule is OC(c1ccc(C(F)(F)F)cc1)c1cc(Br)cs1. The summed E-state index contributed by atoms with van der Waals surface area (Å²) in [6.07, 6.45) is -5.25. The summed E-state index contributed by atoms with van der Waals surface area (Å²) in [6.45, 7) is 0. The van der Waals surface area contributed by atoms with E-state index in [4.69, 9.17) is 0 Å². The van der Waals surface area contributed by atoms with Gasteiger partial charge in [0, 0.05) is 14.7 Å². The van der Waals surface area contributed by atoms with Crippen LogP contribution in [0, 0.1) is 0 Å². The topological polar surface area (TPSA) is 20.2 Å². The third kappa shape index (κ3) is 2.93. The molecule has 6 heteroatoms. The molecule has 1 atom stereocenters. The predicted molar refractivity (Wildman–Crippen MR) is 67.5 cm³/mol. The zero-order valence-corrected chi connectivity index (χ0v) is 11.3. The average molecular weight is 337 g/mol. The minimum absolute atomic E-state index is 0.442. The number of halogens is 4. The molecule has 0 aliphatic rings. The molecule has 0 aliphatic carbocycles. The summed E-state index contributed by atoms with van der Waals surface area (Å²) in [5, 5.41) is 11.8. The first-order valence-electron chi connectivity index (χ1n) is 4.97. The van der Waals surface area contributed by atoms with Gasteiger partial charge in [0.25, 0.3) is 0 Å². The van der Waals surface area contributed by atoms with Crippen LogP contribution in [0.4, 0.5) is 13.2 Å². The van der Waals surface area contributed by atoms with Crippen molar-refractivity contribution in [2.24, 2.45) is 0 Å². The van der Waals surface area contributed by atoms with Gasteiger partial charge in [-0.1, -0.05) is 12.1 Å². The highest BCUT2D eigenvalue weighted by Gasteiger charge is 2.30. The van der Waals surface area contributed by atoms with Crippen molar-refractivity contribution >= 4 is 27.3 Å². The van der Waals surface area contributed by atoms with Gasteiger partial charge in [0.2, 0.25) is 0 Å². The molecule has 2 aromatic rings. The molecule has 1 aromatic heterocycles. The number of thiophene rings is 1. The third-order valence-corrected chi connectivity index (χ3v) is 4.16. The molecule has 1 nitrogen and oxygen atoms in total. The summed E-state index contributed by atoms with van der Waals surface area (Å²) in [7, 11) is 0. The molecule has 1 aromatic carbocycles. The maximum absolute atomic E-state index is 12.4. The second-order valence-corrected chi connectivity index (χ2v) is 5.55. The molecule has 0 amide bonds. The Labute approximate surface area is 114 Å². The van der Waals surface area contributed by atoms with E-state index in [2.05, 4.69) is 15.9 Å². The highest BCUT2D eigenvalue weighted by atomic mass is 79.9. The first kappa shape index (κ1) is 13.6. The number of alkyl halides is 3. The summed E-state index contributed by atoms with van der Waals surface area (Å²) in [6, 6.07) is 6.28. The van der Waals surface area contributed by atoms with Gasteiger partial charge >= 0.3 is 6.18 Å². The van der Waals surface area contributed by atoms with Crippen molar-refractivity contribution in [3.8, 4) is 0 Å². The van der Waals surface area contributed by atoms with Gasteiger partial charge in [-0.3, -0.25) is 0 Å². The monoisotopic (exact) mass is 336 g/mol. The number of aliphatic hydroxyl groups is 1. The molecule has 0 bridgehead atoms. The Morgan fingerprint density at radius 3 is 2.22 bits per heavy atom.